The Labute approximate surface area is 89.7 Å². The van der Waals surface area contributed by atoms with Crippen molar-refractivity contribution in [1.29, 1.82) is 0 Å². The topological polar surface area (TPSA) is 39.4 Å². The van der Waals surface area contributed by atoms with Crippen LogP contribution >= 0.6 is 0 Å². The SMILES string of the molecule is C/C(=C\c1ccco1)C(=O)OC(C)(C)C. The largest absolute Gasteiger partial charge is 0.465 e. The molecule has 1 heterocycles. The molecule has 0 spiro atoms. The van der Waals surface area contributed by atoms with Gasteiger partial charge < -0.3 is 9.15 Å². The molecule has 0 amide bonds. The summed E-state index contributed by atoms with van der Waals surface area (Å²) in [5.74, 6) is 0.331. The van der Waals surface area contributed by atoms with Crippen molar-refractivity contribution in [3.63, 3.8) is 0 Å². The van der Waals surface area contributed by atoms with Gasteiger partial charge in [-0.2, -0.15) is 0 Å². The fraction of sp³-hybridized carbons (Fsp3) is 0.417. The van der Waals surface area contributed by atoms with Crippen molar-refractivity contribution in [2.24, 2.45) is 0 Å². The predicted molar refractivity (Wildman–Crippen MR) is 58.2 cm³/mol. The van der Waals surface area contributed by atoms with Crippen molar-refractivity contribution in [2.75, 3.05) is 0 Å². The number of carbonyl (C=O) groups is 1. The molecule has 0 atom stereocenters. The first kappa shape index (κ1) is 11.6. The van der Waals surface area contributed by atoms with Crippen LogP contribution in [0.2, 0.25) is 0 Å². The van der Waals surface area contributed by atoms with Crippen molar-refractivity contribution in [3.05, 3.63) is 29.7 Å². The molecule has 0 aliphatic rings. The molecule has 1 aromatic rings. The smallest absolute Gasteiger partial charge is 0.334 e. The average Bonchev–Trinajstić information content (AvgIpc) is 2.53. The Morgan fingerprint density at radius 1 is 1.47 bits per heavy atom. The summed E-state index contributed by atoms with van der Waals surface area (Å²) in [5.41, 5.74) is 0.0647. The number of furan rings is 1. The highest BCUT2D eigenvalue weighted by Crippen LogP contribution is 2.13. The van der Waals surface area contributed by atoms with E-state index in [-0.39, 0.29) is 5.97 Å². The van der Waals surface area contributed by atoms with Gasteiger partial charge in [0.1, 0.15) is 11.4 Å². The van der Waals surface area contributed by atoms with E-state index in [2.05, 4.69) is 0 Å². The molecule has 0 aliphatic heterocycles. The van der Waals surface area contributed by atoms with Crippen LogP contribution in [0.25, 0.3) is 6.08 Å². The Balaban J connectivity index is 2.69. The molecule has 1 aromatic heterocycles. The first-order valence-electron chi connectivity index (χ1n) is 4.83. The lowest BCUT2D eigenvalue weighted by atomic mass is 10.2. The molecular formula is C12H16O3. The van der Waals surface area contributed by atoms with Gasteiger partial charge in [0.15, 0.2) is 0 Å². The van der Waals surface area contributed by atoms with Crippen molar-refractivity contribution in [3.8, 4) is 0 Å². The molecule has 0 saturated heterocycles. The number of carbonyl (C=O) groups excluding carboxylic acids is 1. The normalized spacial score (nSPS) is 12.7. The molecule has 0 radical (unpaired) electrons. The van der Waals surface area contributed by atoms with Crippen LogP contribution in [-0.4, -0.2) is 11.6 Å². The molecular weight excluding hydrogens is 192 g/mol. The van der Waals surface area contributed by atoms with Gasteiger partial charge in [0.25, 0.3) is 0 Å². The van der Waals surface area contributed by atoms with Crippen molar-refractivity contribution >= 4 is 12.0 Å². The second kappa shape index (κ2) is 4.34. The summed E-state index contributed by atoms with van der Waals surface area (Å²) in [4.78, 5) is 11.6. The standard InChI is InChI=1S/C12H16O3/c1-9(8-10-6-5-7-14-10)11(13)15-12(2,3)4/h5-8H,1-4H3/b9-8+. The maximum Gasteiger partial charge on any atom is 0.334 e. The highest BCUT2D eigenvalue weighted by atomic mass is 16.6. The lowest BCUT2D eigenvalue weighted by Gasteiger charge is -2.19. The summed E-state index contributed by atoms with van der Waals surface area (Å²) in [6.45, 7) is 7.22. The Hall–Kier alpha value is -1.51. The number of hydrogen-bond acceptors (Lipinski definition) is 3. The van der Waals surface area contributed by atoms with Crippen LogP contribution in [0.4, 0.5) is 0 Å². The number of esters is 1. The number of rotatable bonds is 2. The fourth-order valence-electron chi connectivity index (χ4n) is 1.00. The zero-order chi connectivity index (χ0) is 11.5. The molecule has 0 unspecified atom stereocenters. The van der Waals surface area contributed by atoms with E-state index in [1.54, 1.807) is 31.4 Å². The van der Waals surface area contributed by atoms with Crippen molar-refractivity contribution in [1.82, 2.24) is 0 Å². The highest BCUT2D eigenvalue weighted by molar-refractivity contribution is 5.92. The Kier molecular flexibility index (Phi) is 3.35. The zero-order valence-electron chi connectivity index (χ0n) is 9.53. The molecule has 3 nitrogen and oxygen atoms in total. The van der Waals surface area contributed by atoms with E-state index in [1.807, 2.05) is 20.8 Å². The quantitative estimate of drug-likeness (QED) is 0.554. The predicted octanol–water partition coefficient (Wildman–Crippen LogP) is 3.02. The number of ether oxygens (including phenoxy) is 1. The maximum absolute atomic E-state index is 11.6. The summed E-state index contributed by atoms with van der Waals surface area (Å²) >= 11 is 0. The monoisotopic (exact) mass is 208 g/mol. The van der Waals surface area contributed by atoms with E-state index in [0.29, 0.717) is 11.3 Å². The van der Waals surface area contributed by atoms with Crippen molar-refractivity contribution in [2.45, 2.75) is 33.3 Å². The second-order valence-electron chi connectivity index (χ2n) is 4.34. The van der Waals surface area contributed by atoms with Gasteiger partial charge in [0, 0.05) is 5.57 Å². The van der Waals surface area contributed by atoms with E-state index in [9.17, 15) is 4.79 Å². The molecule has 82 valence electrons. The van der Waals surface area contributed by atoms with E-state index in [1.165, 1.54) is 0 Å². The van der Waals surface area contributed by atoms with Gasteiger partial charge in [-0.05, 0) is 45.9 Å². The summed E-state index contributed by atoms with van der Waals surface area (Å²) < 4.78 is 10.3. The third-order valence-electron chi connectivity index (χ3n) is 1.62. The fourth-order valence-corrected chi connectivity index (χ4v) is 1.00. The number of hydrogen-bond donors (Lipinski definition) is 0. The molecule has 0 N–H and O–H groups in total. The van der Waals surface area contributed by atoms with Gasteiger partial charge in [0.05, 0.1) is 6.26 Å². The average molecular weight is 208 g/mol. The minimum Gasteiger partial charge on any atom is -0.465 e. The van der Waals surface area contributed by atoms with Crippen LogP contribution in [0.5, 0.6) is 0 Å². The molecule has 0 aromatic carbocycles. The van der Waals surface area contributed by atoms with Crippen LogP contribution in [0, 0.1) is 0 Å². The molecule has 0 aliphatic carbocycles. The minimum atomic E-state index is -0.463. The lowest BCUT2D eigenvalue weighted by Crippen LogP contribution is -2.24. The molecule has 1 rings (SSSR count). The van der Waals surface area contributed by atoms with Crippen LogP contribution in [-0.2, 0) is 9.53 Å². The Morgan fingerprint density at radius 3 is 2.60 bits per heavy atom. The molecule has 15 heavy (non-hydrogen) atoms. The zero-order valence-corrected chi connectivity index (χ0v) is 9.53. The van der Waals surface area contributed by atoms with E-state index in [0.717, 1.165) is 0 Å². The first-order chi connectivity index (χ1) is 6.88. The second-order valence-corrected chi connectivity index (χ2v) is 4.34. The summed E-state index contributed by atoms with van der Waals surface area (Å²) in [6, 6.07) is 3.56. The van der Waals surface area contributed by atoms with Gasteiger partial charge in [-0.15, -0.1) is 0 Å². The van der Waals surface area contributed by atoms with Gasteiger partial charge in [-0.25, -0.2) is 4.79 Å². The van der Waals surface area contributed by atoms with Gasteiger partial charge in [-0.3, -0.25) is 0 Å². The third-order valence-corrected chi connectivity index (χ3v) is 1.62. The van der Waals surface area contributed by atoms with E-state index >= 15 is 0 Å². The third kappa shape index (κ3) is 4.02. The molecule has 0 bridgehead atoms. The highest BCUT2D eigenvalue weighted by Gasteiger charge is 2.17. The van der Waals surface area contributed by atoms with Crippen LogP contribution in [0.3, 0.4) is 0 Å². The van der Waals surface area contributed by atoms with Crippen LogP contribution in [0.1, 0.15) is 33.5 Å². The molecule has 0 saturated carbocycles. The van der Waals surface area contributed by atoms with Gasteiger partial charge in [-0.1, -0.05) is 0 Å². The summed E-state index contributed by atoms with van der Waals surface area (Å²) in [6.07, 6.45) is 3.22. The minimum absolute atomic E-state index is 0.320. The summed E-state index contributed by atoms with van der Waals surface area (Å²) in [7, 11) is 0. The van der Waals surface area contributed by atoms with E-state index in [4.69, 9.17) is 9.15 Å². The maximum atomic E-state index is 11.6. The van der Waals surface area contributed by atoms with E-state index < -0.39 is 5.60 Å². The summed E-state index contributed by atoms with van der Waals surface area (Å²) in [5, 5.41) is 0. The molecule has 0 fully saturated rings. The van der Waals surface area contributed by atoms with Gasteiger partial charge >= 0.3 is 5.97 Å². The Morgan fingerprint density at radius 2 is 2.13 bits per heavy atom. The van der Waals surface area contributed by atoms with Gasteiger partial charge in [0.2, 0.25) is 0 Å². The van der Waals surface area contributed by atoms with Crippen molar-refractivity contribution < 1.29 is 13.9 Å². The van der Waals surface area contributed by atoms with Crippen LogP contribution in [0.15, 0.2) is 28.4 Å². The first-order valence-corrected chi connectivity index (χ1v) is 4.83. The van der Waals surface area contributed by atoms with Crippen LogP contribution < -0.4 is 0 Å². The lowest BCUT2D eigenvalue weighted by molar-refractivity contribution is -0.149. The molecule has 3 heteroatoms. The Bertz CT molecular complexity index is 353.